The number of nitrogens with one attached hydrogen (secondary N) is 1. The second-order valence-corrected chi connectivity index (χ2v) is 5.10. The molecule has 0 radical (unpaired) electrons. The van der Waals surface area contributed by atoms with Gasteiger partial charge in [0, 0.05) is 12.3 Å². The molecule has 2 aliphatic heterocycles. The quantitative estimate of drug-likeness (QED) is 0.808. The van der Waals surface area contributed by atoms with Gasteiger partial charge in [0.1, 0.15) is 5.82 Å². The Balaban J connectivity index is 1.88. The Labute approximate surface area is 105 Å². The number of aliphatic carboxylic acids is 1. The summed E-state index contributed by atoms with van der Waals surface area (Å²) in [4.78, 5) is 15.8. The Hall–Kier alpha value is -1.43. The van der Waals surface area contributed by atoms with Crippen molar-refractivity contribution in [2.45, 2.75) is 44.1 Å². The van der Waals surface area contributed by atoms with Crippen molar-refractivity contribution in [3.63, 3.8) is 0 Å². The highest BCUT2D eigenvalue weighted by molar-refractivity contribution is 5.71. The molecule has 6 heteroatoms. The van der Waals surface area contributed by atoms with Gasteiger partial charge >= 0.3 is 5.97 Å². The molecule has 6 nitrogen and oxygen atoms in total. The molecular formula is C12H18N4O2. The van der Waals surface area contributed by atoms with Crippen molar-refractivity contribution >= 4 is 5.97 Å². The van der Waals surface area contributed by atoms with Crippen LogP contribution < -0.4 is 5.32 Å². The van der Waals surface area contributed by atoms with Crippen LogP contribution in [0.5, 0.6) is 0 Å². The molecule has 3 rings (SSSR count). The Morgan fingerprint density at radius 3 is 2.83 bits per heavy atom. The first-order chi connectivity index (χ1) is 8.75. The molecule has 0 spiro atoms. The molecule has 2 N–H and O–H groups in total. The maximum Gasteiger partial charge on any atom is 0.328 e. The van der Waals surface area contributed by atoms with E-state index in [0.29, 0.717) is 12.3 Å². The molecule has 1 aromatic rings. The Bertz CT molecular complexity index is 451. The van der Waals surface area contributed by atoms with Crippen molar-refractivity contribution in [3.05, 3.63) is 11.6 Å². The third-order valence-electron chi connectivity index (χ3n) is 3.88. The zero-order chi connectivity index (χ0) is 12.5. The molecule has 0 bridgehead atoms. The van der Waals surface area contributed by atoms with Crippen molar-refractivity contribution in [2.24, 2.45) is 0 Å². The molecule has 2 aliphatic rings. The molecule has 1 atom stereocenters. The molecule has 1 unspecified atom stereocenters. The number of rotatable bonds is 2. The molecule has 18 heavy (non-hydrogen) atoms. The van der Waals surface area contributed by atoms with E-state index in [1.165, 1.54) is 0 Å². The van der Waals surface area contributed by atoms with Gasteiger partial charge < -0.3 is 10.4 Å². The third kappa shape index (κ3) is 2.01. The van der Waals surface area contributed by atoms with Crippen LogP contribution in [0.2, 0.25) is 0 Å². The number of aromatic nitrogens is 3. The van der Waals surface area contributed by atoms with Gasteiger partial charge in [-0.05, 0) is 38.8 Å². The van der Waals surface area contributed by atoms with Crippen LogP contribution in [-0.4, -0.2) is 38.9 Å². The van der Waals surface area contributed by atoms with E-state index < -0.39 is 12.0 Å². The molecule has 1 saturated heterocycles. The second-order valence-electron chi connectivity index (χ2n) is 5.10. The highest BCUT2D eigenvalue weighted by atomic mass is 16.4. The Morgan fingerprint density at radius 2 is 2.11 bits per heavy atom. The number of fused-ring (bicyclic) bond motifs is 1. The summed E-state index contributed by atoms with van der Waals surface area (Å²) in [5.41, 5.74) is 0. The van der Waals surface area contributed by atoms with Gasteiger partial charge in [0.2, 0.25) is 0 Å². The SMILES string of the molecule is O=C(O)C1CCCc2nc(C3CCNCC3)nn21. The van der Waals surface area contributed by atoms with Gasteiger partial charge in [-0.2, -0.15) is 5.10 Å². The van der Waals surface area contributed by atoms with Crippen molar-refractivity contribution in [1.82, 2.24) is 20.1 Å². The summed E-state index contributed by atoms with van der Waals surface area (Å²) in [6, 6.07) is -0.517. The van der Waals surface area contributed by atoms with Crippen molar-refractivity contribution in [2.75, 3.05) is 13.1 Å². The van der Waals surface area contributed by atoms with E-state index in [9.17, 15) is 9.90 Å². The minimum absolute atomic E-state index is 0.388. The summed E-state index contributed by atoms with van der Waals surface area (Å²) in [6.45, 7) is 1.99. The lowest BCUT2D eigenvalue weighted by molar-refractivity contribution is -0.141. The largest absolute Gasteiger partial charge is 0.480 e. The first kappa shape index (κ1) is 11.6. The van der Waals surface area contributed by atoms with Crippen molar-refractivity contribution in [3.8, 4) is 0 Å². The predicted molar refractivity (Wildman–Crippen MR) is 64.5 cm³/mol. The van der Waals surface area contributed by atoms with E-state index >= 15 is 0 Å². The van der Waals surface area contributed by atoms with Gasteiger partial charge in [0.15, 0.2) is 11.9 Å². The number of hydrogen-bond acceptors (Lipinski definition) is 4. The fourth-order valence-corrected chi connectivity index (χ4v) is 2.85. The standard InChI is InChI=1S/C12H18N4O2/c17-12(18)9-2-1-3-10-14-11(15-16(9)10)8-4-6-13-7-5-8/h8-9,13H,1-7H2,(H,17,18). The topological polar surface area (TPSA) is 80.0 Å². The molecule has 1 aromatic heterocycles. The van der Waals surface area contributed by atoms with E-state index in [2.05, 4.69) is 15.4 Å². The maximum absolute atomic E-state index is 11.2. The summed E-state index contributed by atoms with van der Waals surface area (Å²) < 4.78 is 1.64. The van der Waals surface area contributed by atoms with E-state index in [0.717, 1.165) is 50.4 Å². The minimum atomic E-state index is -0.794. The Morgan fingerprint density at radius 1 is 1.33 bits per heavy atom. The van der Waals surface area contributed by atoms with E-state index in [4.69, 9.17) is 0 Å². The van der Waals surface area contributed by atoms with Crippen LogP contribution >= 0.6 is 0 Å². The normalized spacial score (nSPS) is 24.8. The van der Waals surface area contributed by atoms with Gasteiger partial charge in [0.05, 0.1) is 0 Å². The lowest BCUT2D eigenvalue weighted by Gasteiger charge is -2.20. The first-order valence-electron chi connectivity index (χ1n) is 6.64. The number of carboxylic acids is 1. The van der Waals surface area contributed by atoms with E-state index in [1.807, 2.05) is 0 Å². The number of hydrogen-bond donors (Lipinski definition) is 2. The fraction of sp³-hybridized carbons (Fsp3) is 0.750. The average molecular weight is 250 g/mol. The van der Waals surface area contributed by atoms with Crippen molar-refractivity contribution < 1.29 is 9.90 Å². The average Bonchev–Trinajstić information content (AvgIpc) is 2.83. The number of carbonyl (C=O) groups is 1. The lowest BCUT2D eigenvalue weighted by Crippen LogP contribution is -2.27. The number of aryl methyl sites for hydroxylation is 1. The number of piperidine rings is 1. The monoisotopic (exact) mass is 250 g/mol. The van der Waals surface area contributed by atoms with Gasteiger partial charge in [-0.3, -0.25) is 0 Å². The summed E-state index contributed by atoms with van der Waals surface area (Å²) in [6.07, 6.45) is 4.49. The highest BCUT2D eigenvalue weighted by Gasteiger charge is 2.30. The molecule has 0 aliphatic carbocycles. The molecule has 0 amide bonds. The van der Waals surface area contributed by atoms with Gasteiger partial charge in [-0.15, -0.1) is 0 Å². The van der Waals surface area contributed by atoms with Gasteiger partial charge in [-0.1, -0.05) is 0 Å². The molecule has 0 aromatic carbocycles. The van der Waals surface area contributed by atoms with E-state index in [1.54, 1.807) is 4.68 Å². The Kier molecular flexibility index (Phi) is 3.03. The highest BCUT2D eigenvalue weighted by Crippen LogP contribution is 2.28. The summed E-state index contributed by atoms with van der Waals surface area (Å²) in [5, 5.41) is 17.0. The van der Waals surface area contributed by atoms with Crippen LogP contribution in [0.25, 0.3) is 0 Å². The summed E-state index contributed by atoms with van der Waals surface area (Å²) >= 11 is 0. The van der Waals surface area contributed by atoms with Crippen LogP contribution in [0.4, 0.5) is 0 Å². The van der Waals surface area contributed by atoms with Crippen LogP contribution in [0.15, 0.2) is 0 Å². The summed E-state index contributed by atoms with van der Waals surface area (Å²) in [7, 11) is 0. The molecule has 3 heterocycles. The van der Waals surface area contributed by atoms with Crippen LogP contribution in [-0.2, 0) is 11.2 Å². The molecule has 98 valence electrons. The zero-order valence-corrected chi connectivity index (χ0v) is 10.3. The zero-order valence-electron chi connectivity index (χ0n) is 10.3. The van der Waals surface area contributed by atoms with Crippen LogP contribution in [0.3, 0.4) is 0 Å². The first-order valence-corrected chi connectivity index (χ1v) is 6.64. The smallest absolute Gasteiger partial charge is 0.328 e. The van der Waals surface area contributed by atoms with Gasteiger partial charge in [-0.25, -0.2) is 14.5 Å². The number of nitrogens with zero attached hydrogens (tertiary/aromatic N) is 3. The van der Waals surface area contributed by atoms with Gasteiger partial charge in [0.25, 0.3) is 0 Å². The third-order valence-corrected chi connectivity index (χ3v) is 3.88. The molecule has 1 fully saturated rings. The minimum Gasteiger partial charge on any atom is -0.480 e. The lowest BCUT2D eigenvalue weighted by atomic mass is 9.98. The number of carboxylic acid groups (broad SMARTS) is 1. The maximum atomic E-state index is 11.2. The summed E-state index contributed by atoms with van der Waals surface area (Å²) in [5.74, 6) is 1.29. The predicted octanol–water partition coefficient (Wildman–Crippen LogP) is 0.707. The molecular weight excluding hydrogens is 232 g/mol. The van der Waals surface area contributed by atoms with Crippen molar-refractivity contribution in [1.29, 1.82) is 0 Å². The van der Waals surface area contributed by atoms with E-state index in [-0.39, 0.29) is 0 Å². The second kappa shape index (κ2) is 4.68. The van der Waals surface area contributed by atoms with Crippen LogP contribution in [0, 0.1) is 0 Å². The fourth-order valence-electron chi connectivity index (χ4n) is 2.85. The van der Waals surface area contributed by atoms with Crippen LogP contribution in [0.1, 0.15) is 49.3 Å². The molecule has 0 saturated carbocycles.